The number of esters is 1. The number of aliphatic imine (C=N–C) groups is 1. The fourth-order valence-electron chi connectivity index (χ4n) is 2.76. The Morgan fingerprint density at radius 1 is 1.37 bits per heavy atom. The molecule has 1 heterocycles. The van der Waals surface area contributed by atoms with Crippen LogP contribution in [-0.2, 0) is 9.53 Å². The molecule has 0 aromatic rings. The molecule has 0 aromatic carbocycles. The highest BCUT2D eigenvalue weighted by atomic mass is 35.5. The Hall–Kier alpha value is -1.75. The lowest BCUT2D eigenvalue weighted by Crippen LogP contribution is -2.29. The largest absolute Gasteiger partial charge is 0.460 e. The SMILES string of the molecule is C=C(CC)/C(Cl)=C1/NC(=C)[C@@H](CCCCC(=O)OC(C)(C)C)CN/C1=N/C. The van der Waals surface area contributed by atoms with Crippen LogP contribution in [-0.4, -0.2) is 31.0 Å². The van der Waals surface area contributed by atoms with Gasteiger partial charge in [-0.2, -0.15) is 0 Å². The van der Waals surface area contributed by atoms with Crippen LogP contribution in [0.1, 0.15) is 59.8 Å². The Kier molecular flexibility index (Phi) is 9.10. The third kappa shape index (κ3) is 7.79. The maximum Gasteiger partial charge on any atom is 0.306 e. The van der Waals surface area contributed by atoms with E-state index in [1.54, 1.807) is 7.05 Å². The summed E-state index contributed by atoms with van der Waals surface area (Å²) in [7, 11) is 1.73. The fraction of sp³-hybridized carbons (Fsp3) is 0.619. The van der Waals surface area contributed by atoms with Gasteiger partial charge in [0.15, 0.2) is 0 Å². The molecule has 0 aromatic heterocycles. The minimum atomic E-state index is -0.430. The zero-order valence-electron chi connectivity index (χ0n) is 17.4. The van der Waals surface area contributed by atoms with Gasteiger partial charge in [0, 0.05) is 31.6 Å². The average Bonchev–Trinajstić information content (AvgIpc) is 2.74. The van der Waals surface area contributed by atoms with Crippen molar-refractivity contribution < 1.29 is 9.53 Å². The van der Waals surface area contributed by atoms with Crippen molar-refractivity contribution in [2.24, 2.45) is 10.9 Å². The molecule has 2 N–H and O–H groups in total. The summed E-state index contributed by atoms with van der Waals surface area (Å²) in [4.78, 5) is 16.1. The maximum atomic E-state index is 11.8. The molecular formula is C21H34ClN3O2. The molecule has 27 heavy (non-hydrogen) atoms. The number of allylic oxidation sites excluding steroid dienone is 2. The molecule has 0 amide bonds. The lowest BCUT2D eigenvalue weighted by molar-refractivity contribution is -0.154. The fourth-order valence-corrected chi connectivity index (χ4v) is 3.03. The number of unbranched alkanes of at least 4 members (excludes halogenated alkanes) is 1. The number of hydrogen-bond donors (Lipinski definition) is 2. The molecule has 0 aliphatic carbocycles. The van der Waals surface area contributed by atoms with Crippen LogP contribution in [0.4, 0.5) is 0 Å². The molecule has 6 heteroatoms. The summed E-state index contributed by atoms with van der Waals surface area (Å²) in [5.74, 6) is 0.790. The van der Waals surface area contributed by atoms with Gasteiger partial charge in [-0.1, -0.05) is 38.1 Å². The van der Waals surface area contributed by atoms with Crippen LogP contribution in [0, 0.1) is 5.92 Å². The number of amidine groups is 1. The highest BCUT2D eigenvalue weighted by Crippen LogP contribution is 2.25. The van der Waals surface area contributed by atoms with Gasteiger partial charge in [0.05, 0.1) is 10.7 Å². The first-order valence-electron chi connectivity index (χ1n) is 9.55. The average molecular weight is 396 g/mol. The van der Waals surface area contributed by atoms with Crippen molar-refractivity contribution in [2.45, 2.75) is 65.4 Å². The molecule has 152 valence electrons. The van der Waals surface area contributed by atoms with Crippen LogP contribution in [0.2, 0.25) is 0 Å². The summed E-state index contributed by atoms with van der Waals surface area (Å²) in [6, 6.07) is 0. The van der Waals surface area contributed by atoms with E-state index in [1.165, 1.54) is 0 Å². The molecule has 1 atom stereocenters. The van der Waals surface area contributed by atoms with E-state index in [1.807, 2.05) is 27.7 Å². The topological polar surface area (TPSA) is 62.7 Å². The predicted octanol–water partition coefficient (Wildman–Crippen LogP) is 4.66. The highest BCUT2D eigenvalue weighted by molar-refractivity contribution is 6.34. The second kappa shape index (κ2) is 10.5. The Balaban J connectivity index is 2.64. The summed E-state index contributed by atoms with van der Waals surface area (Å²) < 4.78 is 5.35. The van der Waals surface area contributed by atoms with Crippen molar-refractivity contribution in [3.63, 3.8) is 0 Å². The van der Waals surface area contributed by atoms with Gasteiger partial charge in [-0.15, -0.1) is 0 Å². The number of nitrogens with one attached hydrogen (secondary N) is 2. The molecule has 0 saturated carbocycles. The van der Waals surface area contributed by atoms with Crippen LogP contribution in [0.15, 0.2) is 40.1 Å². The van der Waals surface area contributed by atoms with Crippen molar-refractivity contribution in [3.05, 3.63) is 35.2 Å². The molecule has 5 nitrogen and oxygen atoms in total. The Morgan fingerprint density at radius 3 is 2.59 bits per heavy atom. The molecule has 0 radical (unpaired) electrons. The number of rotatable bonds is 7. The van der Waals surface area contributed by atoms with Gasteiger partial charge >= 0.3 is 5.97 Å². The number of carbonyl (C=O) groups is 1. The molecule has 0 spiro atoms. The normalized spacial score (nSPS) is 21.2. The monoisotopic (exact) mass is 395 g/mol. The number of ether oxygens (including phenoxy) is 1. The van der Waals surface area contributed by atoms with Crippen LogP contribution in [0.25, 0.3) is 0 Å². The van der Waals surface area contributed by atoms with Crippen LogP contribution in [0.3, 0.4) is 0 Å². The van der Waals surface area contributed by atoms with E-state index in [9.17, 15) is 4.79 Å². The first-order valence-corrected chi connectivity index (χ1v) is 9.93. The van der Waals surface area contributed by atoms with Crippen molar-refractivity contribution in [1.82, 2.24) is 10.6 Å². The lowest BCUT2D eigenvalue weighted by atomic mass is 9.98. The summed E-state index contributed by atoms with van der Waals surface area (Å²) >= 11 is 6.49. The molecule has 1 saturated heterocycles. The number of halogens is 1. The molecule has 1 fully saturated rings. The number of hydrogen-bond acceptors (Lipinski definition) is 4. The Bertz CT molecular complexity index is 630. The zero-order chi connectivity index (χ0) is 20.6. The quantitative estimate of drug-likeness (QED) is 0.486. The molecule has 1 rings (SSSR count). The number of carbonyl (C=O) groups excluding carboxylic acids is 1. The van der Waals surface area contributed by atoms with Crippen molar-refractivity contribution >= 4 is 23.4 Å². The van der Waals surface area contributed by atoms with Gasteiger partial charge in [0.25, 0.3) is 0 Å². The third-order valence-corrected chi connectivity index (χ3v) is 4.77. The first kappa shape index (κ1) is 23.3. The van der Waals surface area contributed by atoms with Crippen LogP contribution < -0.4 is 10.6 Å². The van der Waals surface area contributed by atoms with Gasteiger partial charge in [-0.25, -0.2) is 0 Å². The Morgan fingerprint density at radius 2 is 2.04 bits per heavy atom. The number of nitrogens with zero attached hydrogens (tertiary/aromatic N) is 1. The van der Waals surface area contributed by atoms with Gasteiger partial charge in [0.2, 0.25) is 0 Å². The molecule has 0 bridgehead atoms. The standard InChI is InChI=1S/C21H34ClN3O2/c1-8-14(2)18(22)19-20(23-7)24-13-16(15(3)25-19)11-9-10-12-17(26)27-21(4,5)6/h16,25H,2-3,8-13H2,1,4-7H3,(H,23,24)/b19-18-/t16-/m0/s1. The zero-order valence-corrected chi connectivity index (χ0v) is 18.1. The van der Waals surface area contributed by atoms with E-state index in [-0.39, 0.29) is 11.9 Å². The molecular weight excluding hydrogens is 362 g/mol. The van der Waals surface area contributed by atoms with Crippen LogP contribution >= 0.6 is 11.6 Å². The van der Waals surface area contributed by atoms with Crippen molar-refractivity contribution in [2.75, 3.05) is 13.6 Å². The minimum Gasteiger partial charge on any atom is -0.460 e. The van der Waals surface area contributed by atoms with E-state index < -0.39 is 5.60 Å². The van der Waals surface area contributed by atoms with E-state index in [2.05, 4.69) is 28.8 Å². The second-order valence-electron chi connectivity index (χ2n) is 7.78. The van der Waals surface area contributed by atoms with E-state index in [0.29, 0.717) is 17.3 Å². The van der Waals surface area contributed by atoms with Gasteiger partial charge in [-0.3, -0.25) is 9.79 Å². The summed E-state index contributed by atoms with van der Waals surface area (Å²) in [5.41, 5.74) is 2.05. The highest BCUT2D eigenvalue weighted by Gasteiger charge is 2.24. The Labute approximate surface area is 169 Å². The van der Waals surface area contributed by atoms with E-state index in [4.69, 9.17) is 16.3 Å². The minimum absolute atomic E-state index is 0.145. The van der Waals surface area contributed by atoms with E-state index in [0.717, 1.165) is 49.2 Å². The van der Waals surface area contributed by atoms with Gasteiger partial charge in [0.1, 0.15) is 11.4 Å². The smallest absolute Gasteiger partial charge is 0.306 e. The first-order chi connectivity index (χ1) is 12.6. The van der Waals surface area contributed by atoms with Crippen molar-refractivity contribution in [3.8, 4) is 0 Å². The van der Waals surface area contributed by atoms with Crippen LogP contribution in [0.5, 0.6) is 0 Å². The summed E-state index contributed by atoms with van der Waals surface area (Å²) in [6.45, 7) is 16.6. The summed E-state index contributed by atoms with van der Waals surface area (Å²) in [6.07, 6.45) is 3.83. The van der Waals surface area contributed by atoms with E-state index >= 15 is 0 Å². The van der Waals surface area contributed by atoms with Gasteiger partial charge in [-0.05, 0) is 45.6 Å². The second-order valence-corrected chi connectivity index (χ2v) is 8.16. The molecule has 1 aliphatic rings. The van der Waals surface area contributed by atoms with Gasteiger partial charge < -0.3 is 15.4 Å². The summed E-state index contributed by atoms with van der Waals surface area (Å²) in [5, 5.41) is 7.27. The predicted molar refractivity (Wildman–Crippen MR) is 114 cm³/mol. The molecule has 1 aliphatic heterocycles. The molecule has 0 unspecified atom stereocenters. The lowest BCUT2D eigenvalue weighted by Gasteiger charge is -2.20. The third-order valence-electron chi connectivity index (χ3n) is 4.31. The van der Waals surface area contributed by atoms with Crippen molar-refractivity contribution in [1.29, 1.82) is 0 Å². The maximum absolute atomic E-state index is 11.8.